The van der Waals surface area contributed by atoms with Crippen molar-refractivity contribution in [1.82, 2.24) is 14.9 Å². The second-order valence-electron chi connectivity index (χ2n) is 8.75. The molecule has 1 amide bonds. The summed E-state index contributed by atoms with van der Waals surface area (Å²) in [4.78, 5) is 48.9. The zero-order chi connectivity index (χ0) is 33.8. The number of phosphoric ester groups is 2. The normalized spacial score (nSPS) is 22.5. The molecule has 1 aliphatic rings. The number of aromatic amines is 1. The van der Waals surface area contributed by atoms with E-state index in [1.54, 1.807) is 0 Å². The molecule has 45 heavy (non-hydrogen) atoms. The highest BCUT2D eigenvalue weighted by atomic mass is 31.3. The second kappa shape index (κ2) is 17.5. The molecule has 1 aromatic rings. The molecule has 254 valence electrons. The Hall–Kier alpha value is -2.33. The van der Waals surface area contributed by atoms with Crippen LogP contribution in [0.4, 0.5) is 0 Å². The first-order chi connectivity index (χ1) is 21.2. The van der Waals surface area contributed by atoms with Gasteiger partial charge in [0.2, 0.25) is 5.91 Å². The average Bonchev–Trinajstić information content (AvgIpc) is 3.29. The summed E-state index contributed by atoms with van der Waals surface area (Å²) in [6, 6.07) is 0. The number of carbonyl (C=O) groups is 2. The first kappa shape index (κ1) is 38.9. The van der Waals surface area contributed by atoms with Crippen LogP contribution in [0.25, 0.3) is 0 Å². The van der Waals surface area contributed by atoms with Crippen molar-refractivity contribution >= 4 is 35.7 Å². The highest BCUT2D eigenvalue weighted by Gasteiger charge is 2.48. The second-order valence-corrected chi connectivity index (χ2v) is 14.5. The maximum Gasteiger partial charge on any atom is 0.492 e. The molecular formula is C22H34N3O17P3. The van der Waals surface area contributed by atoms with E-state index >= 15 is 0 Å². The topological polar surface area (TPSA) is 267 Å². The lowest BCUT2D eigenvalue weighted by Gasteiger charge is -2.24. The number of H-pyrrole nitrogens is 1. The summed E-state index contributed by atoms with van der Waals surface area (Å²) in [5.41, 5.74) is -2.14. The smallest absolute Gasteiger partial charge is 0.387 e. The third-order valence-electron chi connectivity index (χ3n) is 5.79. The fourth-order valence-corrected chi connectivity index (χ4v) is 7.89. The zero-order valence-electron chi connectivity index (χ0n) is 24.5. The molecule has 0 spiro atoms. The van der Waals surface area contributed by atoms with Crippen LogP contribution in [0, 0.1) is 11.8 Å². The molecule has 0 aromatic carbocycles. The van der Waals surface area contributed by atoms with Gasteiger partial charge in [-0.05, 0) is 6.42 Å². The molecule has 2 heterocycles. The van der Waals surface area contributed by atoms with Gasteiger partial charge in [0.15, 0.2) is 6.23 Å². The van der Waals surface area contributed by atoms with Crippen molar-refractivity contribution in [3.63, 3.8) is 0 Å². The van der Waals surface area contributed by atoms with Crippen molar-refractivity contribution in [2.75, 3.05) is 41.6 Å². The maximum atomic E-state index is 13.0. The number of carbonyl (C=O) groups excluding carboxylic acids is 2. The first-order valence-electron chi connectivity index (χ1n) is 12.9. The van der Waals surface area contributed by atoms with E-state index in [-0.39, 0.29) is 24.3 Å². The number of hydrogen-bond donors (Lipinski definition) is 4. The largest absolute Gasteiger partial charge is 0.492 e. The third kappa shape index (κ3) is 11.2. The summed E-state index contributed by atoms with van der Waals surface area (Å²) in [6.45, 7) is -0.542. The number of hydrogen-bond acceptors (Lipinski definition) is 17. The van der Waals surface area contributed by atoms with Gasteiger partial charge in [-0.1, -0.05) is 11.8 Å². The average molecular weight is 705 g/mol. The van der Waals surface area contributed by atoms with Crippen LogP contribution in [0.3, 0.4) is 0 Å². The summed E-state index contributed by atoms with van der Waals surface area (Å²) in [5.74, 6) is 4.82. The van der Waals surface area contributed by atoms with Crippen molar-refractivity contribution in [3.05, 3.63) is 32.6 Å². The molecule has 23 heteroatoms. The number of amides is 1. The minimum Gasteiger partial charge on any atom is -0.387 e. The number of ether oxygens (including phenoxy) is 1. The molecule has 1 saturated heterocycles. The predicted molar refractivity (Wildman–Crippen MR) is 151 cm³/mol. The lowest BCUT2D eigenvalue weighted by Crippen LogP contribution is -2.38. The van der Waals surface area contributed by atoms with Crippen molar-refractivity contribution in [2.24, 2.45) is 0 Å². The number of aldehydes is 1. The Bertz CT molecular complexity index is 1490. The Morgan fingerprint density at radius 2 is 1.67 bits per heavy atom. The number of unbranched alkanes of at least 4 members (excludes halogenated alkanes) is 1. The number of aromatic nitrogens is 2. The molecule has 6 atom stereocenters. The summed E-state index contributed by atoms with van der Waals surface area (Å²) >= 11 is 0. The maximum absolute atomic E-state index is 13.0. The van der Waals surface area contributed by atoms with Crippen LogP contribution >= 0.6 is 23.5 Å². The van der Waals surface area contributed by atoms with Gasteiger partial charge >= 0.3 is 29.2 Å². The minimum absolute atomic E-state index is 0.00301. The monoisotopic (exact) mass is 705 g/mol. The number of nitrogens with one attached hydrogen (secondary N) is 2. The van der Waals surface area contributed by atoms with E-state index in [4.69, 9.17) is 13.6 Å². The van der Waals surface area contributed by atoms with Crippen LogP contribution in [-0.4, -0.2) is 91.9 Å². The molecule has 1 fully saturated rings. The first-order valence-corrected chi connectivity index (χ1v) is 17.2. The van der Waals surface area contributed by atoms with Crippen molar-refractivity contribution in [2.45, 2.75) is 50.2 Å². The van der Waals surface area contributed by atoms with Gasteiger partial charge in [0.05, 0.1) is 6.61 Å². The van der Waals surface area contributed by atoms with E-state index < -0.39 is 65.9 Å². The predicted octanol–water partition coefficient (Wildman–Crippen LogP) is 0.343. The summed E-state index contributed by atoms with van der Waals surface area (Å²) in [5, 5.41) is 23.7. The summed E-state index contributed by atoms with van der Waals surface area (Å²) in [7, 11) is -11.0. The van der Waals surface area contributed by atoms with Gasteiger partial charge in [0, 0.05) is 60.4 Å². The van der Waals surface area contributed by atoms with Crippen LogP contribution < -0.4 is 16.6 Å². The summed E-state index contributed by atoms with van der Waals surface area (Å²) in [6.07, 6.45) is -4.12. The van der Waals surface area contributed by atoms with Crippen molar-refractivity contribution in [3.8, 4) is 11.8 Å². The van der Waals surface area contributed by atoms with Gasteiger partial charge in [-0.3, -0.25) is 41.8 Å². The lowest BCUT2D eigenvalue weighted by atomic mass is 10.1. The number of aliphatic hydroxyl groups excluding tert-OH is 2. The van der Waals surface area contributed by atoms with Crippen LogP contribution in [0.5, 0.6) is 0 Å². The van der Waals surface area contributed by atoms with E-state index in [9.17, 15) is 43.1 Å². The molecule has 1 aromatic heterocycles. The Morgan fingerprint density at radius 3 is 2.27 bits per heavy atom. The molecule has 2 rings (SSSR count). The minimum atomic E-state index is -4.99. The van der Waals surface area contributed by atoms with Gasteiger partial charge in [-0.2, -0.15) is 8.62 Å². The third-order valence-corrected chi connectivity index (χ3v) is 11.2. The number of phosphoric acid groups is 3. The number of rotatable bonds is 18. The van der Waals surface area contributed by atoms with Crippen LogP contribution in [-0.2, 0) is 59.3 Å². The van der Waals surface area contributed by atoms with E-state index in [1.165, 1.54) is 0 Å². The van der Waals surface area contributed by atoms with Crippen LogP contribution in [0.15, 0.2) is 15.8 Å². The summed E-state index contributed by atoms with van der Waals surface area (Å²) < 4.78 is 76.8. The van der Waals surface area contributed by atoms with Gasteiger partial charge in [0.25, 0.3) is 5.56 Å². The molecule has 0 radical (unpaired) electrons. The number of nitrogens with zero attached hydrogens (tertiary/aromatic N) is 1. The molecule has 4 N–H and O–H groups in total. The SMILES string of the molecule is COP(=O)(OC)OP(=O)(OC)OP(=O)(OC)OCC1OC(n2cc(C#CCCC(=O)NCCCC=O)c(=O)[nH]c2=O)C(O)C1O. The lowest BCUT2D eigenvalue weighted by molar-refractivity contribution is -0.121. The van der Waals surface area contributed by atoms with E-state index in [0.717, 1.165) is 45.5 Å². The highest BCUT2D eigenvalue weighted by Crippen LogP contribution is 2.72. The molecule has 0 bridgehead atoms. The Kier molecular flexibility index (Phi) is 15.2. The number of aliphatic hydroxyl groups is 2. The van der Waals surface area contributed by atoms with Crippen molar-refractivity contribution in [1.29, 1.82) is 0 Å². The van der Waals surface area contributed by atoms with Crippen LogP contribution in [0.2, 0.25) is 0 Å². The van der Waals surface area contributed by atoms with Crippen molar-refractivity contribution < 1.29 is 69.5 Å². The molecule has 6 unspecified atom stereocenters. The molecule has 20 nitrogen and oxygen atoms in total. The fourth-order valence-electron chi connectivity index (χ4n) is 3.44. The van der Waals surface area contributed by atoms with Crippen LogP contribution in [0.1, 0.15) is 37.5 Å². The van der Waals surface area contributed by atoms with E-state index in [0.29, 0.717) is 19.4 Å². The molecule has 0 aliphatic carbocycles. The standard InChI is InChI=1S/C22H34N3O17P3/c1-35-43(32,36-2)41-45(34,38-4)42-44(33,37-3)39-14-16-18(28)19(29)21(40-16)25-13-15(20(30)24-22(25)31)9-5-6-10-17(27)23-11-7-8-12-26/h12-13,16,18-19,21,28-29H,6-8,10-11,14H2,1-4H3,(H,23,27)(H,24,30,31). The Morgan fingerprint density at radius 1 is 1.04 bits per heavy atom. The highest BCUT2D eigenvalue weighted by molar-refractivity contribution is 7.67. The zero-order valence-corrected chi connectivity index (χ0v) is 27.2. The molecule has 0 saturated carbocycles. The van der Waals surface area contributed by atoms with Gasteiger partial charge < -0.3 is 25.1 Å². The van der Waals surface area contributed by atoms with Gasteiger partial charge in [0.1, 0.15) is 30.2 Å². The fraction of sp³-hybridized carbons (Fsp3) is 0.636. The van der Waals surface area contributed by atoms with E-state index in [2.05, 4.69) is 39.6 Å². The molecular weight excluding hydrogens is 671 g/mol. The van der Waals surface area contributed by atoms with E-state index in [1.807, 2.05) is 4.98 Å². The Labute approximate surface area is 256 Å². The van der Waals surface area contributed by atoms with Gasteiger partial charge in [-0.25, -0.2) is 18.5 Å². The Balaban J connectivity index is 2.13. The van der Waals surface area contributed by atoms with Gasteiger partial charge in [-0.15, -0.1) is 0 Å². The quantitative estimate of drug-likeness (QED) is 0.0694. The molecule has 1 aliphatic heterocycles.